The van der Waals surface area contributed by atoms with Crippen molar-refractivity contribution >= 4 is 17.9 Å². The average Bonchev–Trinajstić information content (AvgIpc) is 3.28. The molecule has 0 N–H and O–H groups in total. The van der Waals surface area contributed by atoms with Crippen molar-refractivity contribution in [2.45, 2.75) is 245 Å². The summed E-state index contributed by atoms with van der Waals surface area (Å²) in [5.41, 5.74) is 0. The normalized spacial score (nSPS) is 12.7. The largest absolute Gasteiger partial charge is 0.462 e. The molecular weight excluding hydrogens is 781 g/mol. The maximum absolute atomic E-state index is 12.8. The van der Waals surface area contributed by atoms with Gasteiger partial charge in [0.15, 0.2) is 6.10 Å². The van der Waals surface area contributed by atoms with Gasteiger partial charge in [0.2, 0.25) is 0 Å². The van der Waals surface area contributed by atoms with Crippen LogP contribution in [-0.2, 0) is 28.6 Å². The molecule has 0 radical (unpaired) electrons. The third-order valence-corrected chi connectivity index (χ3v) is 11.0. The molecule has 0 aromatic rings. The number of allylic oxidation sites excluding steroid dienone is 14. The minimum Gasteiger partial charge on any atom is -0.462 e. The zero-order chi connectivity index (χ0) is 45.8. The van der Waals surface area contributed by atoms with Crippen LogP contribution in [0.1, 0.15) is 239 Å². The predicted molar refractivity (Wildman–Crippen MR) is 270 cm³/mol. The first-order chi connectivity index (χ1) is 31.0. The molecule has 1 atom stereocenters. The van der Waals surface area contributed by atoms with E-state index in [9.17, 15) is 14.4 Å². The third kappa shape index (κ3) is 49.5. The molecule has 0 rings (SSSR count). The van der Waals surface area contributed by atoms with Crippen LogP contribution in [0, 0.1) is 0 Å². The minimum absolute atomic E-state index is 0.0923. The lowest BCUT2D eigenvalue weighted by atomic mass is 10.1. The Morgan fingerprint density at radius 2 is 0.635 bits per heavy atom. The maximum Gasteiger partial charge on any atom is 0.306 e. The van der Waals surface area contributed by atoms with Crippen molar-refractivity contribution in [1.29, 1.82) is 0 Å². The van der Waals surface area contributed by atoms with Crippen LogP contribution in [-0.4, -0.2) is 37.2 Å². The molecule has 0 aromatic carbocycles. The monoisotopic (exact) mass is 877 g/mol. The average molecular weight is 877 g/mol. The Bertz CT molecular complexity index is 1240. The zero-order valence-corrected chi connectivity index (χ0v) is 41.1. The molecule has 0 fully saturated rings. The summed E-state index contributed by atoms with van der Waals surface area (Å²) in [5, 5.41) is 0. The van der Waals surface area contributed by atoms with Crippen LogP contribution in [0.4, 0.5) is 0 Å². The van der Waals surface area contributed by atoms with Gasteiger partial charge in [0.05, 0.1) is 0 Å². The summed E-state index contributed by atoms with van der Waals surface area (Å²) in [7, 11) is 0. The maximum atomic E-state index is 12.8. The number of carbonyl (C=O) groups excluding carboxylic acids is 3. The molecule has 0 aromatic heterocycles. The van der Waals surface area contributed by atoms with Crippen molar-refractivity contribution in [2.24, 2.45) is 0 Å². The second-order valence-electron chi connectivity index (χ2n) is 17.2. The molecule has 0 amide bonds. The molecule has 0 saturated heterocycles. The molecule has 0 aliphatic carbocycles. The molecule has 0 heterocycles. The minimum atomic E-state index is -0.794. The number of carbonyl (C=O) groups is 3. The number of hydrogen-bond donors (Lipinski definition) is 0. The van der Waals surface area contributed by atoms with Crippen molar-refractivity contribution in [3.8, 4) is 0 Å². The number of hydrogen-bond acceptors (Lipinski definition) is 6. The Morgan fingerprint density at radius 3 is 1.03 bits per heavy atom. The second kappa shape index (κ2) is 51.2. The van der Waals surface area contributed by atoms with Gasteiger partial charge in [0.1, 0.15) is 13.2 Å². The van der Waals surface area contributed by atoms with Crippen LogP contribution in [0.2, 0.25) is 0 Å². The first-order valence-electron chi connectivity index (χ1n) is 26.2. The van der Waals surface area contributed by atoms with Crippen molar-refractivity contribution in [1.82, 2.24) is 0 Å². The first kappa shape index (κ1) is 59.6. The van der Waals surface area contributed by atoms with E-state index in [-0.39, 0.29) is 31.1 Å². The van der Waals surface area contributed by atoms with Crippen molar-refractivity contribution in [2.75, 3.05) is 13.2 Å². The number of rotatable bonds is 46. The highest BCUT2D eigenvalue weighted by Gasteiger charge is 2.19. The van der Waals surface area contributed by atoms with Gasteiger partial charge in [0.25, 0.3) is 0 Å². The van der Waals surface area contributed by atoms with Crippen LogP contribution in [0.15, 0.2) is 85.1 Å². The Labute approximate surface area is 388 Å². The zero-order valence-electron chi connectivity index (χ0n) is 41.1. The van der Waals surface area contributed by atoms with E-state index >= 15 is 0 Å². The highest BCUT2D eigenvalue weighted by atomic mass is 16.6. The van der Waals surface area contributed by atoms with Crippen LogP contribution in [0.3, 0.4) is 0 Å². The summed E-state index contributed by atoms with van der Waals surface area (Å²) in [6.07, 6.45) is 65.7. The summed E-state index contributed by atoms with van der Waals surface area (Å²) in [4.78, 5) is 38.0. The van der Waals surface area contributed by atoms with Gasteiger partial charge >= 0.3 is 17.9 Å². The molecule has 6 nitrogen and oxygen atoms in total. The van der Waals surface area contributed by atoms with E-state index in [4.69, 9.17) is 14.2 Å². The molecule has 0 spiro atoms. The van der Waals surface area contributed by atoms with Gasteiger partial charge in [-0.3, -0.25) is 14.4 Å². The molecule has 0 bridgehead atoms. The molecule has 1 unspecified atom stereocenters. The third-order valence-electron chi connectivity index (χ3n) is 11.0. The van der Waals surface area contributed by atoms with E-state index in [2.05, 4.69) is 106 Å². The fourth-order valence-electron chi connectivity index (χ4n) is 7.00. The quantitative estimate of drug-likeness (QED) is 0.0262. The number of esters is 3. The highest BCUT2D eigenvalue weighted by molar-refractivity contribution is 5.71. The molecular formula is C57H96O6. The summed E-state index contributed by atoms with van der Waals surface area (Å²) in [5.74, 6) is -0.938. The van der Waals surface area contributed by atoms with Crippen LogP contribution >= 0.6 is 0 Å². The lowest BCUT2D eigenvalue weighted by Crippen LogP contribution is -2.30. The van der Waals surface area contributed by atoms with Gasteiger partial charge in [-0.2, -0.15) is 0 Å². The van der Waals surface area contributed by atoms with Crippen LogP contribution < -0.4 is 0 Å². The van der Waals surface area contributed by atoms with Crippen molar-refractivity contribution < 1.29 is 28.6 Å². The second-order valence-corrected chi connectivity index (χ2v) is 17.2. The highest BCUT2D eigenvalue weighted by Crippen LogP contribution is 2.14. The fourth-order valence-corrected chi connectivity index (χ4v) is 7.00. The molecule has 0 saturated carbocycles. The van der Waals surface area contributed by atoms with Crippen molar-refractivity contribution in [3.05, 3.63) is 85.1 Å². The Kier molecular flexibility index (Phi) is 48.5. The summed E-state index contributed by atoms with van der Waals surface area (Å²) < 4.78 is 16.8. The molecule has 6 heteroatoms. The number of unbranched alkanes of at least 4 members (excludes halogenated alkanes) is 25. The van der Waals surface area contributed by atoms with Gasteiger partial charge in [-0.05, 0) is 83.5 Å². The lowest BCUT2D eigenvalue weighted by Gasteiger charge is -2.18. The van der Waals surface area contributed by atoms with E-state index in [1.807, 2.05) is 0 Å². The van der Waals surface area contributed by atoms with Crippen LogP contribution in [0.25, 0.3) is 0 Å². The first-order valence-corrected chi connectivity index (χ1v) is 26.2. The molecule has 0 aliphatic heterocycles. The van der Waals surface area contributed by atoms with E-state index in [0.717, 1.165) is 83.5 Å². The van der Waals surface area contributed by atoms with E-state index < -0.39 is 6.10 Å². The van der Waals surface area contributed by atoms with Gasteiger partial charge in [0, 0.05) is 19.3 Å². The predicted octanol–water partition coefficient (Wildman–Crippen LogP) is 17.2. The van der Waals surface area contributed by atoms with E-state index in [1.165, 1.54) is 116 Å². The number of ether oxygens (including phenoxy) is 3. The molecule has 0 aliphatic rings. The van der Waals surface area contributed by atoms with Gasteiger partial charge in [-0.25, -0.2) is 0 Å². The van der Waals surface area contributed by atoms with E-state index in [0.29, 0.717) is 19.3 Å². The topological polar surface area (TPSA) is 78.9 Å². The van der Waals surface area contributed by atoms with Gasteiger partial charge in [-0.15, -0.1) is 0 Å². The fraction of sp³-hybridized carbons (Fsp3) is 0.702. The Hall–Kier alpha value is -3.41. The molecule has 63 heavy (non-hydrogen) atoms. The van der Waals surface area contributed by atoms with Crippen LogP contribution in [0.5, 0.6) is 0 Å². The summed E-state index contributed by atoms with van der Waals surface area (Å²) >= 11 is 0. The van der Waals surface area contributed by atoms with Gasteiger partial charge < -0.3 is 14.2 Å². The Balaban J connectivity index is 4.38. The SMILES string of the molecule is CC\C=C/C=C\C=C/CCCCCCCCCC(=O)OC(COC(=O)CCCCC/C=C\C=C/CCCC)COC(=O)CCCCCCCCCCCC/C=C\C=C/CCCCC. The van der Waals surface area contributed by atoms with Crippen molar-refractivity contribution in [3.63, 3.8) is 0 Å². The van der Waals surface area contributed by atoms with Gasteiger partial charge in [-0.1, -0.05) is 221 Å². The smallest absolute Gasteiger partial charge is 0.306 e. The Morgan fingerprint density at radius 1 is 0.333 bits per heavy atom. The summed E-state index contributed by atoms with van der Waals surface area (Å²) in [6.45, 7) is 6.39. The van der Waals surface area contributed by atoms with E-state index in [1.54, 1.807) is 0 Å². The summed E-state index contributed by atoms with van der Waals surface area (Å²) in [6, 6.07) is 0. The standard InChI is InChI=1S/C57H96O6/c1-4-7-10-13-16-19-22-24-26-27-28-29-31-32-35-38-41-44-47-50-56(59)62-53-54(52-61-55(58)49-46-43-40-37-34-21-18-15-12-9-6-3)63-57(60)51-48-45-42-39-36-33-30-25-23-20-17-14-11-8-5-2/h8,11,14-24,34,54H,4-7,9-10,12-13,25-33,35-53H2,1-3H3/b11-8-,17-14-,18-15-,19-16-,23-20-,24-22-,34-21-. The molecule has 360 valence electrons. The lowest BCUT2D eigenvalue weighted by molar-refractivity contribution is -0.167.